The lowest BCUT2D eigenvalue weighted by atomic mass is 9.89. The van der Waals surface area contributed by atoms with Crippen molar-refractivity contribution in [2.24, 2.45) is 5.92 Å². The molecule has 30 heavy (non-hydrogen) atoms. The molecular weight excluding hydrogens is 372 g/mol. The maximum atomic E-state index is 13.1. The summed E-state index contributed by atoms with van der Waals surface area (Å²) in [5.41, 5.74) is 2.55. The molecule has 0 saturated heterocycles. The first-order valence-corrected chi connectivity index (χ1v) is 10.8. The van der Waals surface area contributed by atoms with Gasteiger partial charge in [-0.1, -0.05) is 67.8 Å². The van der Waals surface area contributed by atoms with Crippen molar-refractivity contribution in [1.29, 1.82) is 0 Å². The van der Waals surface area contributed by atoms with E-state index in [1.165, 1.54) is 32.1 Å². The number of rotatable bonds is 5. The van der Waals surface area contributed by atoms with Gasteiger partial charge in [-0.3, -0.25) is 9.59 Å². The maximum Gasteiger partial charge on any atom is 0.256 e. The minimum absolute atomic E-state index is 0.119. The zero-order chi connectivity index (χ0) is 20.9. The second-order valence-electron chi connectivity index (χ2n) is 8.19. The highest BCUT2D eigenvalue weighted by Crippen LogP contribution is 2.25. The summed E-state index contributed by atoms with van der Waals surface area (Å²) in [6.45, 7) is 2.60. The highest BCUT2D eigenvalue weighted by molar-refractivity contribution is 6.15. The van der Waals surface area contributed by atoms with Gasteiger partial charge in [-0.05, 0) is 54.2 Å². The highest BCUT2D eigenvalue weighted by atomic mass is 16.2. The highest BCUT2D eigenvalue weighted by Gasteiger charge is 2.20. The van der Waals surface area contributed by atoms with Crippen LogP contribution in [0.15, 0.2) is 60.7 Å². The van der Waals surface area contributed by atoms with Gasteiger partial charge in [-0.25, -0.2) is 0 Å². The van der Waals surface area contributed by atoms with Crippen LogP contribution in [0, 0.1) is 12.8 Å². The topological polar surface area (TPSA) is 58.2 Å². The third-order valence-electron chi connectivity index (χ3n) is 6.06. The van der Waals surface area contributed by atoms with E-state index in [1.54, 1.807) is 6.07 Å². The SMILES string of the molecule is Cc1cccc(NC(=O)c2cccc3ccccc23)c1C(=O)NCC1CCCCC1. The van der Waals surface area contributed by atoms with E-state index in [9.17, 15) is 9.59 Å². The van der Waals surface area contributed by atoms with E-state index in [2.05, 4.69) is 10.6 Å². The summed E-state index contributed by atoms with van der Waals surface area (Å²) in [6, 6.07) is 19.1. The summed E-state index contributed by atoms with van der Waals surface area (Å²) in [5.74, 6) is 0.228. The summed E-state index contributed by atoms with van der Waals surface area (Å²) < 4.78 is 0. The Morgan fingerprint density at radius 1 is 0.867 bits per heavy atom. The Balaban J connectivity index is 1.55. The molecule has 3 aromatic carbocycles. The zero-order valence-corrected chi connectivity index (χ0v) is 17.4. The van der Waals surface area contributed by atoms with E-state index in [-0.39, 0.29) is 11.8 Å². The van der Waals surface area contributed by atoms with Crippen LogP contribution in [0.2, 0.25) is 0 Å². The lowest BCUT2D eigenvalue weighted by Crippen LogP contribution is -2.31. The van der Waals surface area contributed by atoms with Crippen LogP contribution in [0.1, 0.15) is 58.4 Å². The number of anilines is 1. The molecule has 0 spiro atoms. The van der Waals surface area contributed by atoms with Crippen molar-refractivity contribution in [3.63, 3.8) is 0 Å². The average Bonchev–Trinajstić information content (AvgIpc) is 2.78. The van der Waals surface area contributed by atoms with E-state index in [0.29, 0.717) is 29.3 Å². The summed E-state index contributed by atoms with van der Waals surface area (Å²) in [5, 5.41) is 7.99. The number of carbonyl (C=O) groups excluding carboxylic acids is 2. The standard InChI is InChI=1S/C26H28N2O2/c1-18-9-7-16-23(24(18)26(30)27-17-19-10-3-2-4-11-19)28-25(29)22-15-8-13-20-12-5-6-14-21(20)22/h5-9,12-16,19H,2-4,10-11,17H2,1H3,(H,27,30)(H,28,29). The third kappa shape index (κ3) is 4.38. The van der Waals surface area contributed by atoms with Gasteiger partial charge in [0.1, 0.15) is 0 Å². The van der Waals surface area contributed by atoms with Gasteiger partial charge in [0.05, 0.1) is 11.3 Å². The number of nitrogens with one attached hydrogen (secondary N) is 2. The van der Waals surface area contributed by atoms with Crippen LogP contribution in [0.25, 0.3) is 10.8 Å². The zero-order valence-electron chi connectivity index (χ0n) is 17.4. The minimum Gasteiger partial charge on any atom is -0.352 e. The molecule has 4 nitrogen and oxygen atoms in total. The van der Waals surface area contributed by atoms with Gasteiger partial charge in [0.2, 0.25) is 0 Å². The molecule has 2 amide bonds. The van der Waals surface area contributed by atoms with E-state index >= 15 is 0 Å². The molecule has 2 N–H and O–H groups in total. The molecule has 3 aromatic rings. The molecule has 1 saturated carbocycles. The molecule has 154 valence electrons. The molecule has 4 heteroatoms. The summed E-state index contributed by atoms with van der Waals surface area (Å²) in [4.78, 5) is 26.1. The molecule has 0 atom stereocenters. The Bertz CT molecular complexity index is 1060. The molecule has 0 aliphatic heterocycles. The van der Waals surface area contributed by atoms with Gasteiger partial charge < -0.3 is 10.6 Å². The molecule has 0 radical (unpaired) electrons. The van der Waals surface area contributed by atoms with Gasteiger partial charge in [0.25, 0.3) is 11.8 Å². The number of amides is 2. The fraction of sp³-hybridized carbons (Fsp3) is 0.308. The first-order chi connectivity index (χ1) is 14.6. The average molecular weight is 401 g/mol. The lowest BCUT2D eigenvalue weighted by Gasteiger charge is -2.22. The number of carbonyl (C=O) groups is 2. The number of hydrogen-bond acceptors (Lipinski definition) is 2. The number of fused-ring (bicyclic) bond motifs is 1. The van der Waals surface area contributed by atoms with Crippen LogP contribution in [0.5, 0.6) is 0 Å². The van der Waals surface area contributed by atoms with Gasteiger partial charge in [-0.15, -0.1) is 0 Å². The fourth-order valence-electron chi connectivity index (χ4n) is 4.40. The first kappa shape index (κ1) is 20.1. The Morgan fingerprint density at radius 3 is 2.43 bits per heavy atom. The van der Waals surface area contributed by atoms with Crippen LogP contribution in [-0.4, -0.2) is 18.4 Å². The van der Waals surface area contributed by atoms with Crippen molar-refractivity contribution >= 4 is 28.3 Å². The fourth-order valence-corrected chi connectivity index (χ4v) is 4.40. The van der Waals surface area contributed by atoms with Crippen LogP contribution < -0.4 is 10.6 Å². The molecule has 1 aliphatic rings. The molecule has 1 fully saturated rings. The van der Waals surface area contributed by atoms with E-state index in [1.807, 2.05) is 61.5 Å². The summed E-state index contributed by atoms with van der Waals surface area (Å²) in [7, 11) is 0. The van der Waals surface area contributed by atoms with Crippen molar-refractivity contribution in [3.05, 3.63) is 77.4 Å². The first-order valence-electron chi connectivity index (χ1n) is 10.8. The van der Waals surface area contributed by atoms with Crippen molar-refractivity contribution < 1.29 is 9.59 Å². The molecule has 0 bridgehead atoms. The van der Waals surface area contributed by atoms with Gasteiger partial charge in [0, 0.05) is 12.1 Å². The van der Waals surface area contributed by atoms with Crippen molar-refractivity contribution in [2.75, 3.05) is 11.9 Å². The Labute approximate surface area is 177 Å². The third-order valence-corrected chi connectivity index (χ3v) is 6.06. The quantitative estimate of drug-likeness (QED) is 0.576. The Kier molecular flexibility index (Phi) is 6.12. The molecule has 0 aromatic heterocycles. The maximum absolute atomic E-state index is 13.1. The normalized spacial score (nSPS) is 14.4. The molecule has 1 aliphatic carbocycles. The van der Waals surface area contributed by atoms with Crippen LogP contribution >= 0.6 is 0 Å². The number of benzene rings is 3. The van der Waals surface area contributed by atoms with Crippen LogP contribution in [-0.2, 0) is 0 Å². The van der Waals surface area contributed by atoms with E-state index < -0.39 is 0 Å². The second kappa shape index (κ2) is 9.12. The largest absolute Gasteiger partial charge is 0.352 e. The summed E-state index contributed by atoms with van der Waals surface area (Å²) in [6.07, 6.45) is 6.15. The monoisotopic (exact) mass is 400 g/mol. The second-order valence-corrected chi connectivity index (χ2v) is 8.19. The van der Waals surface area contributed by atoms with Gasteiger partial charge in [-0.2, -0.15) is 0 Å². The summed E-state index contributed by atoms with van der Waals surface area (Å²) >= 11 is 0. The van der Waals surface area contributed by atoms with E-state index in [4.69, 9.17) is 0 Å². The molecule has 4 rings (SSSR count). The van der Waals surface area contributed by atoms with Crippen LogP contribution in [0.3, 0.4) is 0 Å². The molecular formula is C26H28N2O2. The van der Waals surface area contributed by atoms with E-state index in [0.717, 1.165) is 16.3 Å². The van der Waals surface area contributed by atoms with Crippen LogP contribution in [0.4, 0.5) is 5.69 Å². The van der Waals surface area contributed by atoms with Crippen molar-refractivity contribution in [3.8, 4) is 0 Å². The smallest absolute Gasteiger partial charge is 0.256 e. The Morgan fingerprint density at radius 2 is 1.60 bits per heavy atom. The van der Waals surface area contributed by atoms with Gasteiger partial charge in [0.15, 0.2) is 0 Å². The predicted octanol–water partition coefficient (Wildman–Crippen LogP) is 5.71. The minimum atomic E-state index is -0.210. The molecule has 0 unspecified atom stereocenters. The Hall–Kier alpha value is -3.14. The predicted molar refractivity (Wildman–Crippen MR) is 122 cm³/mol. The number of aryl methyl sites for hydroxylation is 1. The van der Waals surface area contributed by atoms with Crippen molar-refractivity contribution in [2.45, 2.75) is 39.0 Å². The number of hydrogen-bond donors (Lipinski definition) is 2. The van der Waals surface area contributed by atoms with Crippen molar-refractivity contribution in [1.82, 2.24) is 5.32 Å². The molecule has 0 heterocycles. The van der Waals surface area contributed by atoms with Gasteiger partial charge >= 0.3 is 0 Å². The lowest BCUT2D eigenvalue weighted by molar-refractivity contribution is 0.0944.